The molecular formula is C33H41N3O4S2. The summed E-state index contributed by atoms with van der Waals surface area (Å²) in [6, 6.07) is 17.9. The van der Waals surface area contributed by atoms with E-state index in [0.29, 0.717) is 29.1 Å². The number of thiophene rings is 1. The van der Waals surface area contributed by atoms with E-state index in [1.54, 1.807) is 6.92 Å². The molecule has 4 rings (SSSR count). The predicted octanol–water partition coefficient (Wildman–Crippen LogP) is 7.37. The van der Waals surface area contributed by atoms with Gasteiger partial charge in [0.2, 0.25) is 11.8 Å². The molecule has 9 heteroatoms. The summed E-state index contributed by atoms with van der Waals surface area (Å²) in [4.78, 5) is 43.4. The lowest BCUT2D eigenvalue weighted by molar-refractivity contribution is -0.118. The Morgan fingerprint density at radius 1 is 1.05 bits per heavy atom. The van der Waals surface area contributed by atoms with Gasteiger partial charge in [0.1, 0.15) is 5.00 Å². The van der Waals surface area contributed by atoms with Gasteiger partial charge in [-0.1, -0.05) is 64.1 Å². The van der Waals surface area contributed by atoms with Crippen molar-refractivity contribution in [1.29, 1.82) is 0 Å². The summed E-state index contributed by atoms with van der Waals surface area (Å²) in [5, 5.41) is 6.24. The summed E-state index contributed by atoms with van der Waals surface area (Å²) < 4.78 is 5.42. The van der Waals surface area contributed by atoms with E-state index in [2.05, 4.69) is 27.7 Å². The number of benzene rings is 2. The number of nitrogens with one attached hydrogen (secondary N) is 2. The van der Waals surface area contributed by atoms with E-state index in [1.165, 1.54) is 28.7 Å². The number of hydrogen-bond acceptors (Lipinski definition) is 7. The average Bonchev–Trinajstić information content (AvgIpc) is 3.28. The van der Waals surface area contributed by atoms with Crippen molar-refractivity contribution in [1.82, 2.24) is 4.90 Å². The van der Waals surface area contributed by atoms with Gasteiger partial charge in [-0.25, -0.2) is 4.79 Å². The molecule has 7 nitrogen and oxygen atoms in total. The van der Waals surface area contributed by atoms with Gasteiger partial charge in [-0.2, -0.15) is 0 Å². The lowest BCUT2D eigenvalue weighted by Crippen LogP contribution is -2.30. The molecule has 0 radical (unpaired) electrons. The van der Waals surface area contributed by atoms with E-state index in [0.717, 1.165) is 41.4 Å². The first-order valence-electron chi connectivity index (χ1n) is 14.5. The monoisotopic (exact) mass is 607 g/mol. The van der Waals surface area contributed by atoms with E-state index in [-0.39, 0.29) is 35.1 Å². The van der Waals surface area contributed by atoms with E-state index in [1.807, 2.05) is 70.2 Å². The molecule has 0 saturated heterocycles. The summed E-state index contributed by atoms with van der Waals surface area (Å²) >= 11 is 2.92. The Hall–Kier alpha value is -3.14. The van der Waals surface area contributed by atoms with Crippen LogP contribution in [-0.2, 0) is 33.8 Å². The highest BCUT2D eigenvalue weighted by Crippen LogP contribution is 2.39. The number of rotatable bonds is 11. The van der Waals surface area contributed by atoms with Crippen LogP contribution in [0, 0.1) is 5.41 Å². The largest absolute Gasteiger partial charge is 0.462 e. The van der Waals surface area contributed by atoms with Crippen LogP contribution in [0.2, 0.25) is 0 Å². The van der Waals surface area contributed by atoms with Crippen molar-refractivity contribution in [3.63, 3.8) is 0 Å². The number of hydrogen-bond donors (Lipinski definition) is 2. The highest BCUT2D eigenvalue weighted by atomic mass is 32.2. The number of carbonyl (C=O) groups excluding carboxylic acids is 3. The minimum atomic E-state index is -0.388. The SMILES string of the molecule is CCOC(=O)c1c(NC(=O)C(CC)Sc2cccc(NC(=O)CC(C)(C)C)c2)sc2c1CCN(Cc1ccccc1)C2. The molecule has 2 amide bonds. The Labute approximate surface area is 257 Å². The third kappa shape index (κ3) is 8.69. The van der Waals surface area contributed by atoms with Gasteiger partial charge in [0.15, 0.2) is 0 Å². The molecule has 0 saturated carbocycles. The lowest BCUT2D eigenvalue weighted by atomic mass is 9.92. The maximum Gasteiger partial charge on any atom is 0.341 e. The van der Waals surface area contributed by atoms with Gasteiger partial charge >= 0.3 is 5.97 Å². The molecule has 1 atom stereocenters. The molecule has 0 aliphatic carbocycles. The second-order valence-corrected chi connectivity index (χ2v) is 14.1. The van der Waals surface area contributed by atoms with Gasteiger partial charge in [-0.3, -0.25) is 14.5 Å². The molecule has 0 spiro atoms. The van der Waals surface area contributed by atoms with Crippen molar-refractivity contribution in [2.75, 3.05) is 23.8 Å². The van der Waals surface area contributed by atoms with Gasteiger partial charge in [-0.05, 0) is 54.5 Å². The number of amides is 2. The first-order valence-corrected chi connectivity index (χ1v) is 16.2. The molecule has 1 unspecified atom stereocenters. The van der Waals surface area contributed by atoms with Crippen molar-refractivity contribution >= 4 is 51.6 Å². The predicted molar refractivity (Wildman–Crippen MR) is 172 cm³/mol. The van der Waals surface area contributed by atoms with Crippen molar-refractivity contribution < 1.29 is 19.1 Å². The lowest BCUT2D eigenvalue weighted by Gasteiger charge is -2.27. The van der Waals surface area contributed by atoms with Crippen molar-refractivity contribution in [2.45, 2.75) is 77.1 Å². The fraction of sp³-hybridized carbons (Fsp3) is 0.424. The van der Waals surface area contributed by atoms with E-state index >= 15 is 0 Å². The molecular weight excluding hydrogens is 567 g/mol. The second kappa shape index (κ2) is 14.4. The van der Waals surface area contributed by atoms with Crippen LogP contribution >= 0.6 is 23.1 Å². The maximum absolute atomic E-state index is 13.6. The molecule has 1 aromatic heterocycles. The molecule has 2 aromatic carbocycles. The van der Waals surface area contributed by atoms with Crippen LogP contribution in [0.3, 0.4) is 0 Å². The Balaban J connectivity index is 1.48. The Bertz CT molecular complexity index is 1400. The Morgan fingerprint density at radius 2 is 1.81 bits per heavy atom. The standard InChI is InChI=1S/C33H41N3O4S2/c1-6-26(41-24-15-11-14-23(18-24)34-28(37)19-33(3,4)5)30(38)35-31-29(32(39)40-7-2)25-16-17-36(21-27(25)42-31)20-22-12-9-8-10-13-22/h8-15,18,26H,6-7,16-17,19-21H2,1-5H3,(H,34,37)(H,35,38). The second-order valence-electron chi connectivity index (χ2n) is 11.7. The topological polar surface area (TPSA) is 87.7 Å². The number of carbonyl (C=O) groups is 3. The molecule has 2 heterocycles. The van der Waals surface area contributed by atoms with Crippen molar-refractivity contribution in [2.24, 2.45) is 5.41 Å². The zero-order chi connectivity index (χ0) is 30.3. The Morgan fingerprint density at radius 3 is 2.50 bits per heavy atom. The van der Waals surface area contributed by atoms with Crippen LogP contribution < -0.4 is 10.6 Å². The first kappa shape index (κ1) is 31.8. The third-order valence-electron chi connectivity index (χ3n) is 6.85. The van der Waals surface area contributed by atoms with Crippen LogP contribution in [0.5, 0.6) is 0 Å². The van der Waals surface area contributed by atoms with Crippen LogP contribution in [0.25, 0.3) is 0 Å². The first-order chi connectivity index (χ1) is 20.1. The molecule has 3 aromatic rings. The van der Waals surface area contributed by atoms with Gasteiger partial charge in [-0.15, -0.1) is 23.1 Å². The third-order valence-corrected chi connectivity index (χ3v) is 9.34. The number of anilines is 2. The smallest absolute Gasteiger partial charge is 0.341 e. The number of nitrogens with zero attached hydrogens (tertiary/aromatic N) is 1. The normalized spacial score (nSPS) is 14.1. The van der Waals surface area contributed by atoms with E-state index in [4.69, 9.17) is 4.74 Å². The molecule has 0 bridgehead atoms. The van der Waals surface area contributed by atoms with Gasteiger partial charge in [0.25, 0.3) is 0 Å². The summed E-state index contributed by atoms with van der Waals surface area (Å²) in [6.07, 6.45) is 1.74. The molecule has 1 aliphatic rings. The summed E-state index contributed by atoms with van der Waals surface area (Å²) in [5.74, 6) is -0.582. The summed E-state index contributed by atoms with van der Waals surface area (Å²) in [7, 11) is 0. The molecule has 0 fully saturated rings. The molecule has 2 N–H and O–H groups in total. The average molecular weight is 608 g/mol. The van der Waals surface area contributed by atoms with Gasteiger partial charge < -0.3 is 15.4 Å². The number of thioether (sulfide) groups is 1. The Kier molecular flexibility index (Phi) is 10.9. The molecule has 1 aliphatic heterocycles. The summed E-state index contributed by atoms with van der Waals surface area (Å²) in [6.45, 7) is 12.5. The zero-order valence-corrected chi connectivity index (χ0v) is 26.8. The highest BCUT2D eigenvalue weighted by Gasteiger charge is 2.31. The van der Waals surface area contributed by atoms with Crippen LogP contribution in [0.4, 0.5) is 10.7 Å². The summed E-state index contributed by atoms with van der Waals surface area (Å²) in [5.41, 5.74) is 3.33. The van der Waals surface area contributed by atoms with Crippen LogP contribution in [0.1, 0.15) is 73.8 Å². The van der Waals surface area contributed by atoms with Crippen LogP contribution in [0.15, 0.2) is 59.5 Å². The van der Waals surface area contributed by atoms with Gasteiger partial charge in [0.05, 0.1) is 17.4 Å². The maximum atomic E-state index is 13.6. The minimum Gasteiger partial charge on any atom is -0.462 e. The minimum absolute atomic E-state index is 0.0371. The quantitative estimate of drug-likeness (QED) is 0.175. The number of fused-ring (bicyclic) bond motifs is 1. The zero-order valence-electron chi connectivity index (χ0n) is 25.1. The number of ether oxygens (including phenoxy) is 1. The van der Waals surface area contributed by atoms with Crippen molar-refractivity contribution in [3.8, 4) is 0 Å². The van der Waals surface area contributed by atoms with E-state index < -0.39 is 0 Å². The van der Waals surface area contributed by atoms with E-state index in [9.17, 15) is 14.4 Å². The highest BCUT2D eigenvalue weighted by molar-refractivity contribution is 8.00. The molecule has 224 valence electrons. The molecule has 42 heavy (non-hydrogen) atoms. The van der Waals surface area contributed by atoms with Gasteiger partial charge in [0, 0.05) is 41.5 Å². The number of esters is 1. The van der Waals surface area contributed by atoms with Crippen molar-refractivity contribution in [3.05, 3.63) is 76.2 Å². The van der Waals surface area contributed by atoms with Crippen LogP contribution in [-0.4, -0.2) is 41.1 Å². The fourth-order valence-electron chi connectivity index (χ4n) is 4.95. The fourth-order valence-corrected chi connectivity index (χ4v) is 7.25.